The quantitative estimate of drug-likeness (QED) is 0.555. The lowest BCUT2D eigenvalue weighted by atomic mass is 9.89. The number of rotatable bonds is 8. The fourth-order valence-electron chi connectivity index (χ4n) is 2.03. The first-order valence-electron chi connectivity index (χ1n) is 7.28. The van der Waals surface area contributed by atoms with E-state index in [1.807, 2.05) is 0 Å². The van der Waals surface area contributed by atoms with E-state index in [9.17, 15) is 21.6 Å². The van der Waals surface area contributed by atoms with E-state index in [-0.39, 0.29) is 24.5 Å². The Balaban J connectivity index is 3.27. The first-order chi connectivity index (χ1) is 11.4. The minimum Gasteiger partial charge on any atom is -0.490 e. The van der Waals surface area contributed by atoms with Crippen molar-refractivity contribution in [2.75, 3.05) is 5.75 Å². The zero-order chi connectivity index (χ0) is 19.4. The molecule has 5 nitrogen and oxygen atoms in total. The maximum Gasteiger partial charge on any atom is 0.426 e. The highest BCUT2D eigenvalue weighted by Crippen LogP contribution is 2.33. The molecule has 0 saturated heterocycles. The Labute approximate surface area is 147 Å². The highest BCUT2D eigenvalue weighted by molar-refractivity contribution is 7.85. The Hall–Kier alpha value is -1.35. The van der Waals surface area contributed by atoms with Crippen molar-refractivity contribution >= 4 is 25.8 Å². The fraction of sp³-hybridized carbons (Fsp3) is 0.571. The molecule has 0 amide bonds. The molecule has 0 bridgehead atoms. The molecule has 1 unspecified atom stereocenters. The minimum atomic E-state index is -5.01. The molecular formula is C14H17B2F3O5S. The van der Waals surface area contributed by atoms with Crippen molar-refractivity contribution in [2.24, 2.45) is 0 Å². The van der Waals surface area contributed by atoms with Crippen LogP contribution < -0.4 is 9.47 Å². The van der Waals surface area contributed by atoms with E-state index in [0.29, 0.717) is 16.9 Å². The lowest BCUT2D eigenvalue weighted by Gasteiger charge is -2.23. The van der Waals surface area contributed by atoms with Crippen LogP contribution >= 0.6 is 0 Å². The fourth-order valence-corrected chi connectivity index (χ4v) is 2.67. The maximum atomic E-state index is 13.0. The van der Waals surface area contributed by atoms with Crippen LogP contribution in [0.3, 0.4) is 0 Å². The Morgan fingerprint density at radius 3 is 1.92 bits per heavy atom. The molecule has 11 heteroatoms. The Morgan fingerprint density at radius 1 is 1.12 bits per heavy atom. The van der Waals surface area contributed by atoms with Gasteiger partial charge in [-0.05, 0) is 37.1 Å². The summed E-state index contributed by atoms with van der Waals surface area (Å²) in [5, 5.41) is 0. The lowest BCUT2D eigenvalue weighted by molar-refractivity contribution is -0.188. The third-order valence-corrected chi connectivity index (χ3v) is 3.74. The molecule has 4 radical (unpaired) electrons. The Morgan fingerprint density at radius 2 is 1.60 bits per heavy atom. The van der Waals surface area contributed by atoms with Gasteiger partial charge >= 0.3 is 6.18 Å². The summed E-state index contributed by atoms with van der Waals surface area (Å²) in [5.74, 6) is -1.55. The van der Waals surface area contributed by atoms with E-state index < -0.39 is 28.2 Å². The van der Waals surface area contributed by atoms with Crippen molar-refractivity contribution in [3.63, 3.8) is 0 Å². The van der Waals surface area contributed by atoms with E-state index in [1.54, 1.807) is 13.8 Å². The molecule has 1 N–H and O–H groups in total. The summed E-state index contributed by atoms with van der Waals surface area (Å²) in [6, 6.07) is 2.44. The second kappa shape index (κ2) is 8.35. The van der Waals surface area contributed by atoms with Crippen LogP contribution in [0.4, 0.5) is 13.2 Å². The van der Waals surface area contributed by atoms with Gasteiger partial charge in [-0.25, -0.2) is 0 Å². The van der Waals surface area contributed by atoms with Gasteiger partial charge in [0.25, 0.3) is 10.1 Å². The molecule has 0 aliphatic carbocycles. The van der Waals surface area contributed by atoms with Gasteiger partial charge in [0.15, 0.2) is 0 Å². The summed E-state index contributed by atoms with van der Waals surface area (Å²) in [7, 11) is 6.30. The molecule has 0 heterocycles. The first kappa shape index (κ1) is 21.7. The van der Waals surface area contributed by atoms with Crippen LogP contribution in [-0.2, 0) is 22.8 Å². The van der Waals surface area contributed by atoms with Crippen LogP contribution in [0.1, 0.15) is 25.0 Å². The molecule has 0 aromatic heterocycles. The normalized spacial score (nSPS) is 13.7. The van der Waals surface area contributed by atoms with Gasteiger partial charge in [0.1, 0.15) is 17.3 Å². The summed E-state index contributed by atoms with van der Waals surface area (Å²) in [6.07, 6.45) is -8.07. The predicted molar refractivity (Wildman–Crippen MR) is 88.0 cm³/mol. The van der Waals surface area contributed by atoms with Gasteiger partial charge in [0.2, 0.25) is 6.10 Å². The van der Waals surface area contributed by atoms with Gasteiger partial charge in [-0.3, -0.25) is 4.55 Å². The van der Waals surface area contributed by atoms with Crippen molar-refractivity contribution < 1.29 is 35.6 Å². The SMILES string of the molecule is [B]Cc1cc(OC(CS(=O)(=O)O)C(F)(F)F)cc(C[B])c1OC(C)C. The summed E-state index contributed by atoms with van der Waals surface area (Å²) in [6.45, 7) is 3.52. The summed E-state index contributed by atoms with van der Waals surface area (Å²) in [5.41, 5.74) is 0.721. The summed E-state index contributed by atoms with van der Waals surface area (Å²) >= 11 is 0. The van der Waals surface area contributed by atoms with Gasteiger partial charge in [0.05, 0.1) is 21.8 Å². The van der Waals surface area contributed by atoms with Crippen molar-refractivity contribution in [1.29, 1.82) is 0 Å². The van der Waals surface area contributed by atoms with Gasteiger partial charge in [-0.15, -0.1) is 0 Å². The molecule has 0 saturated carbocycles. The monoisotopic (exact) mass is 376 g/mol. The number of benzene rings is 1. The molecule has 25 heavy (non-hydrogen) atoms. The summed E-state index contributed by atoms with van der Waals surface area (Å²) in [4.78, 5) is 0. The molecule has 1 aromatic rings. The first-order valence-corrected chi connectivity index (χ1v) is 8.89. The van der Waals surface area contributed by atoms with Gasteiger partial charge in [-0.2, -0.15) is 21.6 Å². The largest absolute Gasteiger partial charge is 0.490 e. The highest BCUT2D eigenvalue weighted by atomic mass is 32.2. The van der Waals surface area contributed by atoms with Crippen LogP contribution in [0.2, 0.25) is 0 Å². The van der Waals surface area contributed by atoms with Crippen LogP contribution in [0.5, 0.6) is 11.5 Å². The van der Waals surface area contributed by atoms with E-state index in [2.05, 4.69) is 0 Å². The van der Waals surface area contributed by atoms with Crippen molar-refractivity contribution in [2.45, 2.75) is 44.9 Å². The second-order valence-electron chi connectivity index (χ2n) is 5.54. The molecule has 0 aliphatic rings. The topological polar surface area (TPSA) is 72.8 Å². The zero-order valence-electron chi connectivity index (χ0n) is 13.7. The molecule has 0 aliphatic heterocycles. The number of halogens is 3. The van der Waals surface area contributed by atoms with Crippen molar-refractivity contribution in [3.8, 4) is 11.5 Å². The number of hydrogen-bond donors (Lipinski definition) is 1. The van der Waals surface area contributed by atoms with E-state index in [4.69, 9.17) is 29.7 Å². The Bertz CT molecular complexity index is 667. The van der Waals surface area contributed by atoms with Gasteiger partial charge in [0, 0.05) is 0 Å². The number of ether oxygens (including phenoxy) is 2. The van der Waals surface area contributed by atoms with Crippen LogP contribution in [0.15, 0.2) is 12.1 Å². The molecule has 136 valence electrons. The van der Waals surface area contributed by atoms with Crippen molar-refractivity contribution in [3.05, 3.63) is 23.3 Å². The van der Waals surface area contributed by atoms with E-state index in [1.165, 1.54) is 12.1 Å². The van der Waals surface area contributed by atoms with Crippen LogP contribution in [0.25, 0.3) is 0 Å². The van der Waals surface area contributed by atoms with E-state index >= 15 is 0 Å². The standard InChI is InChI=1S/C14H17B2F3O5S/c1-8(2)23-13-9(5-15)3-11(4-10(13)6-16)24-12(14(17,18)19)7-25(20,21)22/h3-4,8,12H,5-7H2,1-2H3,(H,20,21,22). The van der Waals surface area contributed by atoms with Gasteiger partial charge < -0.3 is 9.47 Å². The third kappa shape index (κ3) is 6.81. The Kier molecular flexibility index (Phi) is 7.25. The van der Waals surface area contributed by atoms with Crippen molar-refractivity contribution in [1.82, 2.24) is 0 Å². The van der Waals surface area contributed by atoms with Gasteiger partial charge in [-0.1, -0.05) is 12.6 Å². The second-order valence-corrected chi connectivity index (χ2v) is 7.04. The zero-order valence-corrected chi connectivity index (χ0v) is 14.5. The summed E-state index contributed by atoms with van der Waals surface area (Å²) < 4.78 is 79.6. The highest BCUT2D eigenvalue weighted by Gasteiger charge is 2.44. The lowest BCUT2D eigenvalue weighted by Crippen LogP contribution is -2.40. The average molecular weight is 376 g/mol. The van der Waals surface area contributed by atoms with Crippen LogP contribution in [-0.4, -0.2) is 52.8 Å². The minimum absolute atomic E-state index is 0.0543. The third-order valence-electron chi connectivity index (χ3n) is 3.02. The molecule has 0 spiro atoms. The number of hydrogen-bond acceptors (Lipinski definition) is 4. The molecule has 1 atom stereocenters. The molecule has 0 fully saturated rings. The maximum absolute atomic E-state index is 13.0. The van der Waals surface area contributed by atoms with Crippen LogP contribution in [0, 0.1) is 0 Å². The van der Waals surface area contributed by atoms with E-state index in [0.717, 1.165) is 0 Å². The average Bonchev–Trinajstić information content (AvgIpc) is 2.44. The molecular weight excluding hydrogens is 359 g/mol. The molecule has 1 rings (SSSR count). The predicted octanol–water partition coefficient (Wildman–Crippen LogP) is 2.01. The molecule has 1 aromatic carbocycles. The smallest absolute Gasteiger partial charge is 0.426 e. The number of alkyl halides is 3.